The van der Waals surface area contributed by atoms with Gasteiger partial charge in [-0.1, -0.05) is 123 Å². The molecule has 4 aromatic rings. The number of aryl methyl sites for hydroxylation is 1. The van der Waals surface area contributed by atoms with Gasteiger partial charge in [-0.25, -0.2) is 4.98 Å². The second-order valence-corrected chi connectivity index (χ2v) is 10.3. The van der Waals surface area contributed by atoms with E-state index in [1.807, 2.05) is 6.07 Å². The minimum atomic E-state index is -0.184. The van der Waals surface area contributed by atoms with E-state index >= 15 is 0 Å². The zero-order valence-corrected chi connectivity index (χ0v) is 31.1. The van der Waals surface area contributed by atoms with Crippen molar-refractivity contribution in [3.8, 4) is 11.3 Å². The smallest absolute Gasteiger partial charge is 0.0984 e. The Kier molecular flexibility index (Phi) is 20.7. The Hall–Kier alpha value is -2.58. The first-order valence-electron chi connectivity index (χ1n) is 14.1. The maximum absolute atomic E-state index is 5.43. The van der Waals surface area contributed by atoms with E-state index in [-0.39, 0.29) is 31.9 Å². The maximum atomic E-state index is 5.43. The van der Waals surface area contributed by atoms with Crippen LogP contribution in [0.3, 0.4) is 0 Å². The SMILES string of the molecule is CC(C)c1cccc(C(C)C)c1[N-]C(c1ccccc1)c1nc(-c2ccccc2)cn1C.C[N-]C.C[N-]C.C[N-]C.[Hf]. The molecule has 0 N–H and O–H groups in total. The van der Waals surface area contributed by atoms with Crippen molar-refractivity contribution in [2.45, 2.75) is 45.6 Å². The van der Waals surface area contributed by atoms with Gasteiger partial charge < -0.3 is 25.8 Å². The molecule has 0 amide bonds. The van der Waals surface area contributed by atoms with Crippen molar-refractivity contribution in [3.05, 3.63) is 129 Å². The predicted molar refractivity (Wildman–Crippen MR) is 180 cm³/mol. The average molecular weight is 733 g/mol. The monoisotopic (exact) mass is 734 g/mol. The summed E-state index contributed by atoms with van der Waals surface area (Å²) in [6.07, 6.45) is 2.10. The van der Waals surface area contributed by atoms with E-state index in [1.54, 1.807) is 42.3 Å². The van der Waals surface area contributed by atoms with Gasteiger partial charge in [-0.05, 0) is 17.9 Å². The van der Waals surface area contributed by atoms with Gasteiger partial charge in [0, 0.05) is 44.7 Å². The fourth-order valence-electron chi connectivity index (χ4n) is 4.19. The zero-order chi connectivity index (χ0) is 30.8. The van der Waals surface area contributed by atoms with Crippen LogP contribution < -0.4 is 0 Å². The molecule has 0 saturated heterocycles. The third kappa shape index (κ3) is 12.3. The molecule has 0 bridgehead atoms. The number of hydrogen-bond donors (Lipinski definition) is 0. The minimum absolute atomic E-state index is 0. The van der Waals surface area contributed by atoms with Gasteiger partial charge in [0.2, 0.25) is 0 Å². The molecule has 0 aliphatic rings. The Bertz CT molecular complexity index is 1190. The molecule has 42 heavy (non-hydrogen) atoms. The molecule has 0 radical (unpaired) electrons. The van der Waals surface area contributed by atoms with E-state index < -0.39 is 0 Å². The Labute approximate surface area is 274 Å². The van der Waals surface area contributed by atoms with Crippen molar-refractivity contribution in [3.63, 3.8) is 0 Å². The number of aromatic nitrogens is 2. The number of hydrogen-bond acceptors (Lipinski definition) is 1. The zero-order valence-electron chi connectivity index (χ0n) is 27.5. The molecular formula is C35H50HfN6-4. The van der Waals surface area contributed by atoms with Gasteiger partial charge in [0.15, 0.2) is 0 Å². The van der Waals surface area contributed by atoms with Gasteiger partial charge in [0.25, 0.3) is 0 Å². The Balaban J connectivity index is 0.00000150. The quantitative estimate of drug-likeness (QED) is 0.174. The van der Waals surface area contributed by atoms with Crippen LogP contribution in [0, 0.1) is 0 Å². The first-order valence-corrected chi connectivity index (χ1v) is 14.1. The van der Waals surface area contributed by atoms with Gasteiger partial charge in [-0.15, -0.1) is 5.69 Å². The molecule has 4 rings (SSSR count). The average Bonchev–Trinajstić information content (AvgIpc) is 3.35. The van der Waals surface area contributed by atoms with E-state index in [9.17, 15) is 0 Å². The van der Waals surface area contributed by atoms with Gasteiger partial charge in [0.1, 0.15) is 0 Å². The first kappa shape index (κ1) is 39.4. The number of benzene rings is 3. The van der Waals surface area contributed by atoms with E-state index in [0.29, 0.717) is 11.8 Å². The Morgan fingerprint density at radius 3 is 1.48 bits per heavy atom. The predicted octanol–water partition coefficient (Wildman–Crippen LogP) is 9.99. The molecule has 0 fully saturated rings. The van der Waals surface area contributed by atoms with Crippen LogP contribution >= 0.6 is 0 Å². The van der Waals surface area contributed by atoms with E-state index in [4.69, 9.17) is 10.3 Å². The van der Waals surface area contributed by atoms with Gasteiger partial charge >= 0.3 is 0 Å². The minimum Gasteiger partial charge on any atom is -0.671 e. The Morgan fingerprint density at radius 2 is 1.05 bits per heavy atom. The van der Waals surface area contributed by atoms with Gasteiger partial charge in [-0.3, -0.25) is 0 Å². The number of para-hydroxylation sites is 1. The van der Waals surface area contributed by atoms with E-state index in [1.165, 1.54) is 11.1 Å². The molecule has 7 heteroatoms. The molecule has 1 atom stereocenters. The molecular weight excluding hydrogens is 683 g/mol. The molecule has 1 heterocycles. The number of imidazole rings is 1. The molecule has 1 aromatic heterocycles. The summed E-state index contributed by atoms with van der Waals surface area (Å²) in [6.45, 7) is 8.96. The van der Waals surface area contributed by atoms with Crippen molar-refractivity contribution in [2.24, 2.45) is 7.05 Å². The third-order valence-corrected chi connectivity index (χ3v) is 5.94. The summed E-state index contributed by atoms with van der Waals surface area (Å²) in [4.78, 5) is 5.07. The van der Waals surface area contributed by atoms with Crippen molar-refractivity contribution in [1.29, 1.82) is 0 Å². The van der Waals surface area contributed by atoms with Crippen LogP contribution in [0.4, 0.5) is 5.69 Å². The molecule has 0 spiro atoms. The molecule has 0 aliphatic heterocycles. The fraction of sp³-hybridized carbons (Fsp3) is 0.400. The first-order chi connectivity index (χ1) is 19.7. The second kappa shape index (κ2) is 22.0. The van der Waals surface area contributed by atoms with Gasteiger partial charge in [-0.2, -0.15) is 42.3 Å². The molecule has 3 aromatic carbocycles. The fourth-order valence-corrected chi connectivity index (χ4v) is 4.19. The van der Waals surface area contributed by atoms with Crippen LogP contribution in [0.5, 0.6) is 0 Å². The third-order valence-electron chi connectivity index (χ3n) is 5.94. The normalized spacial score (nSPS) is 10.7. The largest absolute Gasteiger partial charge is 0.671 e. The molecule has 0 saturated carbocycles. The van der Waals surface area contributed by atoms with Crippen molar-refractivity contribution in [2.75, 3.05) is 42.3 Å². The molecule has 228 valence electrons. The van der Waals surface area contributed by atoms with Crippen LogP contribution in [-0.2, 0) is 32.9 Å². The van der Waals surface area contributed by atoms with Crippen LogP contribution in [0.1, 0.15) is 68.1 Å². The van der Waals surface area contributed by atoms with Gasteiger partial charge in [0.05, 0.1) is 11.5 Å². The van der Waals surface area contributed by atoms with Crippen molar-refractivity contribution < 1.29 is 25.8 Å². The Morgan fingerprint density at radius 1 is 0.619 bits per heavy atom. The van der Waals surface area contributed by atoms with Crippen LogP contribution in [0.25, 0.3) is 32.5 Å². The molecule has 0 aliphatic carbocycles. The van der Waals surface area contributed by atoms with E-state index in [0.717, 1.165) is 28.3 Å². The summed E-state index contributed by atoms with van der Waals surface area (Å²) in [6, 6.07) is 27.3. The number of rotatable bonds is 7. The van der Waals surface area contributed by atoms with Crippen molar-refractivity contribution >= 4 is 5.69 Å². The summed E-state index contributed by atoms with van der Waals surface area (Å²) < 4.78 is 2.12. The number of nitrogens with zero attached hydrogens (tertiary/aromatic N) is 6. The summed E-state index contributed by atoms with van der Waals surface area (Å²) in [5.74, 6) is 1.73. The summed E-state index contributed by atoms with van der Waals surface area (Å²) in [7, 11) is 12.6. The molecule has 6 nitrogen and oxygen atoms in total. The molecule has 1 unspecified atom stereocenters. The second-order valence-electron chi connectivity index (χ2n) is 10.3. The van der Waals surface area contributed by atoms with Crippen LogP contribution in [0.15, 0.2) is 85.1 Å². The summed E-state index contributed by atoms with van der Waals surface area (Å²) in [5, 5.41) is 15.9. The van der Waals surface area contributed by atoms with Crippen LogP contribution in [-0.4, -0.2) is 51.8 Å². The summed E-state index contributed by atoms with van der Waals surface area (Å²) in [5.41, 5.74) is 6.92. The topological polar surface area (TPSA) is 74.2 Å². The summed E-state index contributed by atoms with van der Waals surface area (Å²) >= 11 is 0. The van der Waals surface area contributed by atoms with E-state index in [2.05, 4.69) is 134 Å². The van der Waals surface area contributed by atoms with Crippen molar-refractivity contribution in [1.82, 2.24) is 9.55 Å². The standard InChI is InChI=1S/C29H32N3.3C2H6N.Hf/c1-20(2)24-17-12-18-25(21(3)4)28(24)31-27(23-15-10-7-11-16-23)29-30-26(19-32(29)5)22-13-8-6-9-14-22;3*1-3-2;/h6-21,27H,1-5H3;3*1-2H3;/q4*-1;. The maximum Gasteiger partial charge on any atom is 0.0984 e. The van der Waals surface area contributed by atoms with Crippen LogP contribution in [0.2, 0.25) is 0 Å².